The second-order valence-corrected chi connectivity index (χ2v) is 4.78. The minimum atomic E-state index is 0.614. The predicted molar refractivity (Wildman–Crippen MR) is 55.0 cm³/mol. The van der Waals surface area contributed by atoms with Gasteiger partial charge in [-0.1, -0.05) is 0 Å². The molecule has 0 N–H and O–H groups in total. The fourth-order valence-corrected chi connectivity index (χ4v) is 2.34. The molecule has 5 heteroatoms. The number of nitrogens with zero attached hydrogens (tertiary/aromatic N) is 4. The average molecular weight is 200 g/mol. The summed E-state index contributed by atoms with van der Waals surface area (Å²) < 4.78 is 3.95. The quantitative estimate of drug-likeness (QED) is 0.615. The van der Waals surface area contributed by atoms with E-state index >= 15 is 0 Å². The highest BCUT2D eigenvalue weighted by Gasteiger charge is 2.20. The zero-order chi connectivity index (χ0) is 9.10. The summed E-state index contributed by atoms with van der Waals surface area (Å²) in [6.07, 6.45) is 0. The monoisotopic (exact) mass is 200 g/mol. The molecule has 0 aromatic carbocycles. The summed E-state index contributed by atoms with van der Waals surface area (Å²) in [5.41, 5.74) is 0. The molecule has 0 spiro atoms. The van der Waals surface area contributed by atoms with Gasteiger partial charge in [0.2, 0.25) is 0 Å². The van der Waals surface area contributed by atoms with Crippen LogP contribution in [-0.4, -0.2) is 61.4 Å². The van der Waals surface area contributed by atoms with Crippen LogP contribution in [0.25, 0.3) is 0 Å². The van der Waals surface area contributed by atoms with E-state index in [2.05, 4.69) is 26.5 Å². The first-order valence-electron chi connectivity index (χ1n) is 4.78. The lowest BCUT2D eigenvalue weighted by Crippen LogP contribution is -2.46. The van der Waals surface area contributed by atoms with E-state index in [4.69, 9.17) is 0 Å². The van der Waals surface area contributed by atoms with E-state index in [9.17, 15) is 0 Å². The first kappa shape index (κ1) is 9.43. The van der Waals surface area contributed by atoms with E-state index in [0.29, 0.717) is 5.25 Å². The fourth-order valence-electron chi connectivity index (χ4n) is 1.67. The lowest BCUT2D eigenvalue weighted by Gasteiger charge is -2.33. The lowest BCUT2D eigenvalue weighted by atomic mass is 10.3. The van der Waals surface area contributed by atoms with Gasteiger partial charge in [-0.2, -0.15) is 5.11 Å². The minimum absolute atomic E-state index is 0.614. The summed E-state index contributed by atoms with van der Waals surface area (Å²) in [4.78, 5) is 4.90. The van der Waals surface area contributed by atoms with Gasteiger partial charge in [-0.05, 0) is 7.05 Å². The van der Waals surface area contributed by atoms with Crippen molar-refractivity contribution in [2.24, 2.45) is 9.63 Å². The maximum Gasteiger partial charge on any atom is 0.0759 e. The van der Waals surface area contributed by atoms with E-state index in [0.717, 1.165) is 13.1 Å². The molecule has 1 unspecified atom stereocenters. The van der Waals surface area contributed by atoms with Crippen molar-refractivity contribution in [3.63, 3.8) is 0 Å². The van der Waals surface area contributed by atoms with Crippen molar-refractivity contribution in [2.45, 2.75) is 5.25 Å². The molecule has 0 radical (unpaired) electrons. The molecule has 13 heavy (non-hydrogen) atoms. The van der Waals surface area contributed by atoms with E-state index in [1.54, 1.807) is 11.9 Å². The van der Waals surface area contributed by atoms with Crippen LogP contribution in [0, 0.1) is 0 Å². The number of piperazine rings is 1. The Balaban J connectivity index is 1.70. The standard InChI is InChI=1S/C8H16N4S/c1-11-2-4-12(5-3-11)7-8-6-9-10-13-8/h8H,2-7H2,1H3. The molecule has 0 amide bonds. The Labute approximate surface area is 83.5 Å². The van der Waals surface area contributed by atoms with Gasteiger partial charge in [0.1, 0.15) is 0 Å². The molecule has 2 heterocycles. The molecule has 4 nitrogen and oxygen atoms in total. The maximum absolute atomic E-state index is 4.00. The van der Waals surface area contributed by atoms with Crippen molar-refractivity contribution in [3.8, 4) is 0 Å². The maximum atomic E-state index is 4.00. The van der Waals surface area contributed by atoms with E-state index < -0.39 is 0 Å². The average Bonchev–Trinajstić information content (AvgIpc) is 2.62. The van der Waals surface area contributed by atoms with Crippen molar-refractivity contribution in [2.75, 3.05) is 46.3 Å². The molecule has 2 rings (SSSR count). The van der Waals surface area contributed by atoms with Crippen LogP contribution in [0.5, 0.6) is 0 Å². The van der Waals surface area contributed by atoms with E-state index in [-0.39, 0.29) is 0 Å². The Morgan fingerprint density at radius 3 is 2.69 bits per heavy atom. The van der Waals surface area contributed by atoms with Crippen molar-refractivity contribution in [3.05, 3.63) is 0 Å². The molecule has 74 valence electrons. The van der Waals surface area contributed by atoms with Crippen molar-refractivity contribution >= 4 is 11.9 Å². The van der Waals surface area contributed by atoms with Crippen LogP contribution in [-0.2, 0) is 0 Å². The van der Waals surface area contributed by atoms with Gasteiger partial charge >= 0.3 is 0 Å². The van der Waals surface area contributed by atoms with Crippen molar-refractivity contribution in [1.82, 2.24) is 9.80 Å². The summed E-state index contributed by atoms with van der Waals surface area (Å²) in [5, 5.41) is 4.61. The molecule has 1 fully saturated rings. The van der Waals surface area contributed by atoms with Crippen LogP contribution in [0.2, 0.25) is 0 Å². The van der Waals surface area contributed by atoms with Gasteiger partial charge in [0.15, 0.2) is 0 Å². The number of rotatable bonds is 2. The van der Waals surface area contributed by atoms with E-state index in [1.807, 2.05) is 0 Å². The normalized spacial score (nSPS) is 31.3. The summed E-state index contributed by atoms with van der Waals surface area (Å²) in [6.45, 7) is 6.88. The van der Waals surface area contributed by atoms with E-state index in [1.165, 1.54) is 26.2 Å². The van der Waals surface area contributed by atoms with Gasteiger partial charge in [0, 0.05) is 44.7 Å². The Morgan fingerprint density at radius 1 is 1.31 bits per heavy atom. The zero-order valence-corrected chi connectivity index (χ0v) is 8.83. The minimum Gasteiger partial charge on any atom is -0.304 e. The summed E-state index contributed by atoms with van der Waals surface area (Å²) in [6, 6.07) is 0. The molecule has 2 aliphatic heterocycles. The second-order valence-electron chi connectivity index (χ2n) is 3.74. The van der Waals surface area contributed by atoms with Gasteiger partial charge in [0.05, 0.1) is 11.8 Å². The van der Waals surface area contributed by atoms with Crippen LogP contribution in [0.4, 0.5) is 0 Å². The van der Waals surface area contributed by atoms with Crippen LogP contribution in [0.1, 0.15) is 0 Å². The summed E-state index contributed by atoms with van der Waals surface area (Å²) in [5.74, 6) is 0. The zero-order valence-electron chi connectivity index (χ0n) is 8.02. The van der Waals surface area contributed by atoms with Gasteiger partial charge < -0.3 is 4.90 Å². The predicted octanol–water partition coefficient (Wildman–Crippen LogP) is 0.716. The molecule has 0 aromatic rings. The summed E-state index contributed by atoms with van der Waals surface area (Å²) >= 11 is 1.64. The van der Waals surface area contributed by atoms with Crippen LogP contribution in [0.15, 0.2) is 9.63 Å². The highest BCUT2D eigenvalue weighted by atomic mass is 32.2. The molecule has 2 aliphatic rings. The molecular formula is C8H16N4S. The molecule has 1 atom stereocenters. The third kappa shape index (κ3) is 2.65. The first-order chi connectivity index (χ1) is 6.34. The van der Waals surface area contributed by atoms with Crippen LogP contribution >= 0.6 is 11.9 Å². The molecule has 0 aromatic heterocycles. The largest absolute Gasteiger partial charge is 0.304 e. The first-order valence-corrected chi connectivity index (χ1v) is 5.62. The SMILES string of the molecule is CN1CCN(CC2CN=NS2)CC1. The van der Waals surface area contributed by atoms with Crippen molar-refractivity contribution in [1.29, 1.82) is 0 Å². The van der Waals surface area contributed by atoms with Gasteiger partial charge in [-0.3, -0.25) is 4.90 Å². The second kappa shape index (κ2) is 4.39. The highest BCUT2D eigenvalue weighted by Crippen LogP contribution is 2.21. The molecule has 1 saturated heterocycles. The Morgan fingerprint density at radius 2 is 2.08 bits per heavy atom. The van der Waals surface area contributed by atoms with Crippen LogP contribution in [0.3, 0.4) is 0 Å². The Hall–Kier alpha value is -0.130. The molecule has 0 saturated carbocycles. The molecular weight excluding hydrogens is 184 g/mol. The smallest absolute Gasteiger partial charge is 0.0759 e. The van der Waals surface area contributed by atoms with Crippen molar-refractivity contribution < 1.29 is 0 Å². The molecule has 0 bridgehead atoms. The Bertz CT molecular complexity index is 181. The summed E-state index contributed by atoms with van der Waals surface area (Å²) in [7, 11) is 2.19. The number of hydrogen-bond donors (Lipinski definition) is 0. The lowest BCUT2D eigenvalue weighted by molar-refractivity contribution is 0.155. The van der Waals surface area contributed by atoms with Gasteiger partial charge in [0.25, 0.3) is 0 Å². The third-order valence-electron chi connectivity index (χ3n) is 2.60. The highest BCUT2D eigenvalue weighted by molar-refractivity contribution is 7.98. The number of likely N-dealkylation sites (N-methyl/N-ethyl adjacent to an activating group) is 1. The number of hydrogen-bond acceptors (Lipinski definition) is 5. The topological polar surface area (TPSA) is 31.2 Å². The third-order valence-corrected chi connectivity index (χ3v) is 3.40. The van der Waals surface area contributed by atoms with Crippen LogP contribution < -0.4 is 0 Å². The fraction of sp³-hybridized carbons (Fsp3) is 1.00. The Kier molecular flexibility index (Phi) is 3.18. The van der Waals surface area contributed by atoms with Gasteiger partial charge in [-0.15, -0.1) is 4.52 Å². The van der Waals surface area contributed by atoms with Gasteiger partial charge in [-0.25, -0.2) is 0 Å². The molecule has 0 aliphatic carbocycles.